The lowest BCUT2D eigenvalue weighted by atomic mass is 10.2. The molecule has 2 aliphatic heterocycles. The molecule has 1 atom stereocenters. The van der Waals surface area contributed by atoms with Crippen LogP contribution < -0.4 is 4.74 Å². The van der Waals surface area contributed by atoms with Gasteiger partial charge >= 0.3 is 0 Å². The number of nitrogens with zero attached hydrogens (tertiary/aromatic N) is 4. The Bertz CT molecular complexity index is 757. The average molecular weight is 359 g/mol. The second-order valence-corrected chi connectivity index (χ2v) is 7.36. The van der Waals surface area contributed by atoms with Crippen LogP contribution in [0, 0.1) is 6.92 Å². The maximum atomic E-state index is 12.8. The molecule has 4 rings (SSSR count). The van der Waals surface area contributed by atoms with E-state index in [0.717, 1.165) is 41.9 Å². The topological polar surface area (TPSA) is 74.3 Å². The Hall–Kier alpha value is -2.06. The van der Waals surface area contributed by atoms with Crippen LogP contribution in [0.15, 0.2) is 29.2 Å². The highest BCUT2D eigenvalue weighted by atomic mass is 32.2. The first-order valence-electron chi connectivity index (χ1n) is 8.46. The Balaban J connectivity index is 1.31. The van der Waals surface area contributed by atoms with E-state index in [-0.39, 0.29) is 12.0 Å². The van der Waals surface area contributed by atoms with Crippen molar-refractivity contribution >= 4 is 17.7 Å². The normalized spacial score (nSPS) is 20.8. The minimum atomic E-state index is -0.387. The second kappa shape index (κ2) is 7.05. The van der Waals surface area contributed by atoms with Gasteiger partial charge in [0.25, 0.3) is 5.91 Å². The van der Waals surface area contributed by atoms with Crippen molar-refractivity contribution in [3.63, 3.8) is 0 Å². The number of thioether (sulfide) groups is 1. The molecule has 2 aromatic rings. The van der Waals surface area contributed by atoms with E-state index in [1.165, 1.54) is 0 Å². The molecule has 0 spiro atoms. The van der Waals surface area contributed by atoms with Crippen LogP contribution in [0.1, 0.15) is 11.6 Å². The summed E-state index contributed by atoms with van der Waals surface area (Å²) >= 11 is 1.69. The number of H-pyrrole nitrogens is 1. The predicted molar refractivity (Wildman–Crippen MR) is 94.6 cm³/mol. The fourth-order valence-corrected chi connectivity index (χ4v) is 4.11. The molecular weight excluding hydrogens is 338 g/mol. The van der Waals surface area contributed by atoms with Crippen LogP contribution in [0.5, 0.6) is 5.75 Å². The van der Waals surface area contributed by atoms with Gasteiger partial charge in [0.15, 0.2) is 11.9 Å². The number of hydrogen-bond acceptors (Lipinski definition) is 6. The predicted octanol–water partition coefficient (Wildman–Crippen LogP) is 1.31. The third-order valence-corrected chi connectivity index (χ3v) is 5.59. The Morgan fingerprint density at radius 3 is 2.88 bits per heavy atom. The summed E-state index contributed by atoms with van der Waals surface area (Å²) in [7, 11) is 0. The maximum Gasteiger partial charge on any atom is 0.264 e. The Labute approximate surface area is 150 Å². The highest BCUT2D eigenvalue weighted by Gasteiger charge is 2.32. The number of piperazine rings is 1. The van der Waals surface area contributed by atoms with Crippen molar-refractivity contribution in [2.75, 3.05) is 31.9 Å². The number of carbonyl (C=O) groups is 1. The number of para-hydroxylation sites is 1. The smallest absolute Gasteiger partial charge is 0.264 e. The molecular formula is C17H21N5O2S. The largest absolute Gasteiger partial charge is 0.479 e. The van der Waals surface area contributed by atoms with Gasteiger partial charge in [0, 0.05) is 36.8 Å². The molecule has 7 nitrogen and oxygen atoms in total. The first kappa shape index (κ1) is 16.4. The van der Waals surface area contributed by atoms with Crippen molar-refractivity contribution in [3.05, 3.63) is 35.9 Å². The molecule has 132 valence electrons. The maximum absolute atomic E-state index is 12.8. The van der Waals surface area contributed by atoms with Crippen molar-refractivity contribution in [3.8, 4) is 5.75 Å². The third-order valence-electron chi connectivity index (χ3n) is 4.48. The quantitative estimate of drug-likeness (QED) is 0.891. The summed E-state index contributed by atoms with van der Waals surface area (Å²) in [5.41, 5.74) is 0. The van der Waals surface area contributed by atoms with Crippen LogP contribution in [0.4, 0.5) is 0 Å². The molecule has 25 heavy (non-hydrogen) atoms. The van der Waals surface area contributed by atoms with Gasteiger partial charge in [-0.05, 0) is 19.1 Å². The van der Waals surface area contributed by atoms with Gasteiger partial charge < -0.3 is 9.64 Å². The van der Waals surface area contributed by atoms with Gasteiger partial charge in [-0.3, -0.25) is 14.8 Å². The first-order valence-corrected chi connectivity index (χ1v) is 9.45. The molecule has 0 radical (unpaired) electrons. The van der Waals surface area contributed by atoms with E-state index in [1.807, 2.05) is 36.1 Å². The monoisotopic (exact) mass is 359 g/mol. The molecule has 1 N–H and O–H groups in total. The molecule has 0 bridgehead atoms. The summed E-state index contributed by atoms with van der Waals surface area (Å²) in [5.74, 6) is 3.22. The Kier molecular flexibility index (Phi) is 4.63. The number of amides is 1. The first-order chi connectivity index (χ1) is 12.2. The number of ether oxygens (including phenoxy) is 1. The SMILES string of the molecule is Cc1nc(CN2CCN(C(=O)[C@H]3CSc4ccccc4O3)CC2)n[nH]1. The van der Waals surface area contributed by atoms with Gasteiger partial charge in [-0.15, -0.1) is 11.8 Å². The fourth-order valence-electron chi connectivity index (χ4n) is 3.13. The Morgan fingerprint density at radius 2 is 2.12 bits per heavy atom. The van der Waals surface area contributed by atoms with Crippen molar-refractivity contribution in [2.24, 2.45) is 0 Å². The van der Waals surface area contributed by atoms with E-state index in [1.54, 1.807) is 11.8 Å². The molecule has 1 fully saturated rings. The minimum absolute atomic E-state index is 0.0930. The number of fused-ring (bicyclic) bond motifs is 1. The molecule has 2 aliphatic rings. The lowest BCUT2D eigenvalue weighted by Crippen LogP contribution is -2.53. The number of nitrogens with one attached hydrogen (secondary N) is 1. The zero-order valence-electron chi connectivity index (χ0n) is 14.1. The van der Waals surface area contributed by atoms with Gasteiger partial charge in [0.2, 0.25) is 0 Å². The summed E-state index contributed by atoms with van der Waals surface area (Å²) in [4.78, 5) is 22.4. The number of aromatic nitrogens is 3. The van der Waals surface area contributed by atoms with Gasteiger partial charge in [-0.1, -0.05) is 12.1 Å². The molecule has 3 heterocycles. The molecule has 1 saturated heterocycles. The summed E-state index contributed by atoms with van der Waals surface area (Å²) in [6.45, 7) is 5.71. The molecule has 1 aromatic carbocycles. The fraction of sp³-hybridized carbons (Fsp3) is 0.471. The van der Waals surface area contributed by atoms with Gasteiger partial charge in [-0.2, -0.15) is 5.10 Å². The average Bonchev–Trinajstić information content (AvgIpc) is 3.06. The van der Waals surface area contributed by atoms with E-state index < -0.39 is 0 Å². The van der Waals surface area contributed by atoms with Crippen molar-refractivity contribution in [1.29, 1.82) is 0 Å². The van der Waals surface area contributed by atoms with Crippen LogP contribution in [0.3, 0.4) is 0 Å². The third kappa shape index (κ3) is 3.64. The molecule has 0 unspecified atom stereocenters. The second-order valence-electron chi connectivity index (χ2n) is 6.30. The number of benzene rings is 1. The van der Waals surface area contributed by atoms with E-state index >= 15 is 0 Å². The lowest BCUT2D eigenvalue weighted by Gasteiger charge is -2.36. The summed E-state index contributed by atoms with van der Waals surface area (Å²) < 4.78 is 5.92. The van der Waals surface area contributed by atoms with Crippen LogP contribution in [0.2, 0.25) is 0 Å². The Morgan fingerprint density at radius 1 is 1.32 bits per heavy atom. The number of aryl methyl sites for hydroxylation is 1. The summed E-state index contributed by atoms with van der Waals surface area (Å²) in [6, 6.07) is 7.89. The van der Waals surface area contributed by atoms with Gasteiger partial charge in [0.05, 0.1) is 6.54 Å². The summed E-state index contributed by atoms with van der Waals surface area (Å²) in [6.07, 6.45) is -0.387. The standard InChI is InChI=1S/C17H21N5O2S/c1-12-18-16(20-19-12)10-21-6-8-22(9-7-21)17(23)14-11-25-15-5-3-2-4-13(15)24-14/h2-5,14H,6-11H2,1H3,(H,18,19,20)/t14-/m1/s1. The molecule has 8 heteroatoms. The number of hydrogen-bond donors (Lipinski definition) is 1. The highest BCUT2D eigenvalue weighted by Crippen LogP contribution is 2.35. The van der Waals surface area contributed by atoms with Crippen molar-refractivity contribution < 1.29 is 9.53 Å². The lowest BCUT2D eigenvalue weighted by molar-refractivity contribution is -0.139. The van der Waals surface area contributed by atoms with Crippen molar-refractivity contribution in [2.45, 2.75) is 24.5 Å². The number of aromatic amines is 1. The van der Waals surface area contributed by atoms with Gasteiger partial charge in [0.1, 0.15) is 11.6 Å². The molecule has 0 saturated carbocycles. The summed E-state index contributed by atoms with van der Waals surface area (Å²) in [5, 5.41) is 7.04. The van der Waals surface area contributed by atoms with E-state index in [4.69, 9.17) is 4.74 Å². The van der Waals surface area contributed by atoms with Crippen LogP contribution in [-0.4, -0.2) is 68.9 Å². The van der Waals surface area contributed by atoms with E-state index in [9.17, 15) is 4.79 Å². The molecule has 1 amide bonds. The van der Waals surface area contributed by atoms with E-state index in [2.05, 4.69) is 20.1 Å². The minimum Gasteiger partial charge on any atom is -0.479 e. The number of carbonyl (C=O) groups excluding carboxylic acids is 1. The highest BCUT2D eigenvalue weighted by molar-refractivity contribution is 7.99. The van der Waals surface area contributed by atoms with E-state index in [0.29, 0.717) is 18.8 Å². The van der Waals surface area contributed by atoms with Crippen LogP contribution in [-0.2, 0) is 11.3 Å². The van der Waals surface area contributed by atoms with Crippen LogP contribution >= 0.6 is 11.8 Å². The van der Waals surface area contributed by atoms with Crippen molar-refractivity contribution in [1.82, 2.24) is 25.0 Å². The zero-order valence-corrected chi connectivity index (χ0v) is 15.0. The van der Waals surface area contributed by atoms with Crippen LogP contribution in [0.25, 0.3) is 0 Å². The van der Waals surface area contributed by atoms with Gasteiger partial charge in [-0.25, -0.2) is 4.98 Å². The molecule has 1 aromatic heterocycles. The molecule has 0 aliphatic carbocycles. The zero-order chi connectivity index (χ0) is 17.2. The number of rotatable bonds is 3.